The van der Waals surface area contributed by atoms with Crippen molar-refractivity contribution in [3.63, 3.8) is 0 Å². The number of hydrogen-bond donors (Lipinski definition) is 1. The number of benzene rings is 1. The summed E-state index contributed by atoms with van der Waals surface area (Å²) in [6.07, 6.45) is 7.12. The number of fused-ring (bicyclic) bond motifs is 1. The van der Waals surface area contributed by atoms with Gasteiger partial charge in [0.15, 0.2) is 4.96 Å². The topological polar surface area (TPSA) is 67.5 Å². The predicted molar refractivity (Wildman–Crippen MR) is 99.6 cm³/mol. The van der Waals surface area contributed by atoms with Gasteiger partial charge in [0.2, 0.25) is 0 Å². The zero-order valence-corrected chi connectivity index (χ0v) is 13.9. The number of phenols is 1. The van der Waals surface area contributed by atoms with E-state index in [1.54, 1.807) is 41.1 Å². The fourth-order valence-corrected chi connectivity index (χ4v) is 3.45. The van der Waals surface area contributed by atoms with Crippen LogP contribution in [0.15, 0.2) is 65.0 Å². The molecule has 1 N–H and O–H groups in total. The summed E-state index contributed by atoms with van der Waals surface area (Å²) in [4.78, 5) is 21.8. The molecule has 1 aromatic carbocycles. The van der Waals surface area contributed by atoms with Crippen molar-refractivity contribution in [1.82, 2.24) is 14.4 Å². The molecule has 25 heavy (non-hydrogen) atoms. The number of nitrogens with zero attached hydrogens (tertiary/aromatic N) is 3. The monoisotopic (exact) mass is 347 g/mol. The van der Waals surface area contributed by atoms with Crippen LogP contribution in [0.5, 0.6) is 5.75 Å². The second kappa shape index (κ2) is 6.33. The third-order valence-corrected chi connectivity index (χ3v) is 4.52. The normalized spacial score (nSPS) is 11.4. The minimum Gasteiger partial charge on any atom is -0.508 e. The molecular weight excluding hydrogens is 334 g/mol. The Morgan fingerprint density at radius 2 is 2.04 bits per heavy atom. The van der Waals surface area contributed by atoms with Crippen LogP contribution in [0, 0.1) is 0 Å². The van der Waals surface area contributed by atoms with Crippen LogP contribution in [-0.4, -0.2) is 19.5 Å². The van der Waals surface area contributed by atoms with Gasteiger partial charge in [0.05, 0.1) is 11.4 Å². The van der Waals surface area contributed by atoms with Crippen LogP contribution in [-0.2, 0) is 0 Å². The van der Waals surface area contributed by atoms with Crippen molar-refractivity contribution in [2.75, 3.05) is 0 Å². The minimum atomic E-state index is -0.157. The quantitative estimate of drug-likeness (QED) is 0.614. The summed E-state index contributed by atoms with van der Waals surface area (Å²) in [5, 5.41) is 11.5. The van der Waals surface area contributed by atoms with Gasteiger partial charge in [0.1, 0.15) is 5.75 Å². The number of rotatable bonds is 3. The molecular formula is C19H13N3O2S. The van der Waals surface area contributed by atoms with E-state index in [9.17, 15) is 9.90 Å². The maximum atomic E-state index is 12.6. The summed E-state index contributed by atoms with van der Waals surface area (Å²) in [5.74, 6) is 0.161. The molecule has 5 nitrogen and oxygen atoms in total. The summed E-state index contributed by atoms with van der Waals surface area (Å²) in [6, 6.07) is 12.1. The maximum Gasteiger partial charge on any atom is 0.259 e. The van der Waals surface area contributed by atoms with Crippen LogP contribution in [0.2, 0.25) is 0 Å². The zero-order chi connectivity index (χ0) is 17.2. The summed E-state index contributed by atoms with van der Waals surface area (Å²) >= 11 is 1.39. The van der Waals surface area contributed by atoms with Crippen LogP contribution in [0.3, 0.4) is 0 Å². The summed E-state index contributed by atoms with van der Waals surface area (Å²) in [6.45, 7) is 0. The number of thiazole rings is 1. The van der Waals surface area contributed by atoms with E-state index in [0.717, 1.165) is 16.8 Å². The minimum absolute atomic E-state index is 0.157. The van der Waals surface area contributed by atoms with Crippen molar-refractivity contribution in [2.45, 2.75) is 0 Å². The molecule has 0 spiro atoms. The molecule has 0 unspecified atom stereocenters. The first kappa shape index (κ1) is 15.3. The van der Waals surface area contributed by atoms with E-state index < -0.39 is 0 Å². The number of aromatic nitrogens is 3. The highest BCUT2D eigenvalue weighted by molar-refractivity contribution is 7.15. The molecule has 3 aromatic heterocycles. The Bertz CT molecular complexity index is 1130. The Morgan fingerprint density at radius 3 is 2.84 bits per heavy atom. The number of aromatic hydroxyl groups is 1. The van der Waals surface area contributed by atoms with Gasteiger partial charge in [-0.25, -0.2) is 4.98 Å². The van der Waals surface area contributed by atoms with Crippen molar-refractivity contribution in [3.05, 3.63) is 81.8 Å². The molecule has 4 aromatic rings. The highest BCUT2D eigenvalue weighted by Crippen LogP contribution is 2.26. The highest BCUT2D eigenvalue weighted by atomic mass is 32.1. The van der Waals surface area contributed by atoms with Crippen LogP contribution in [0.1, 0.15) is 11.3 Å². The Balaban J connectivity index is 1.77. The lowest BCUT2D eigenvalue weighted by atomic mass is 10.1. The van der Waals surface area contributed by atoms with Gasteiger partial charge in [0, 0.05) is 29.4 Å². The second-order valence-electron chi connectivity index (χ2n) is 5.43. The number of hydrogen-bond acceptors (Lipinski definition) is 5. The molecule has 0 aliphatic carbocycles. The summed E-state index contributed by atoms with van der Waals surface area (Å²) in [5.41, 5.74) is 2.87. The average molecular weight is 347 g/mol. The van der Waals surface area contributed by atoms with Crippen molar-refractivity contribution in [2.24, 2.45) is 0 Å². The molecule has 0 radical (unpaired) electrons. The first-order valence-corrected chi connectivity index (χ1v) is 8.47. The molecule has 0 amide bonds. The molecule has 0 saturated heterocycles. The Morgan fingerprint density at radius 1 is 1.12 bits per heavy atom. The molecule has 0 aliphatic heterocycles. The lowest BCUT2D eigenvalue weighted by Crippen LogP contribution is -2.13. The van der Waals surface area contributed by atoms with E-state index in [1.165, 1.54) is 17.4 Å². The van der Waals surface area contributed by atoms with Crippen LogP contribution >= 0.6 is 11.3 Å². The Labute approximate surface area is 147 Å². The summed E-state index contributed by atoms with van der Waals surface area (Å²) in [7, 11) is 0. The fourth-order valence-electron chi connectivity index (χ4n) is 2.54. The van der Waals surface area contributed by atoms with E-state index in [-0.39, 0.29) is 11.3 Å². The van der Waals surface area contributed by atoms with Crippen LogP contribution in [0.4, 0.5) is 0 Å². The molecule has 0 bridgehead atoms. The third-order valence-electron chi connectivity index (χ3n) is 3.70. The van der Waals surface area contributed by atoms with Crippen LogP contribution in [0.25, 0.3) is 28.4 Å². The van der Waals surface area contributed by atoms with Crippen LogP contribution < -0.4 is 5.56 Å². The first-order valence-electron chi connectivity index (χ1n) is 7.59. The standard InChI is InChI=1S/C19H13N3O2S/c23-16-5-1-4-14(9-16)17-12-25-19-21-15(10-18(24)22(17)19)7-6-13-3-2-8-20-11-13/h1-12,23H/b7-6+. The third kappa shape index (κ3) is 3.07. The molecule has 0 aliphatic rings. The van der Waals surface area contributed by atoms with E-state index >= 15 is 0 Å². The van der Waals surface area contributed by atoms with E-state index in [4.69, 9.17) is 0 Å². The maximum absolute atomic E-state index is 12.6. The smallest absolute Gasteiger partial charge is 0.259 e. The van der Waals surface area contributed by atoms with Crippen molar-refractivity contribution < 1.29 is 5.11 Å². The highest BCUT2D eigenvalue weighted by Gasteiger charge is 2.10. The zero-order valence-electron chi connectivity index (χ0n) is 13.0. The van der Waals surface area contributed by atoms with Crippen molar-refractivity contribution >= 4 is 28.4 Å². The van der Waals surface area contributed by atoms with Crippen molar-refractivity contribution in [3.8, 4) is 17.0 Å². The van der Waals surface area contributed by atoms with Gasteiger partial charge in [-0.05, 0) is 29.8 Å². The molecule has 6 heteroatoms. The molecule has 0 fully saturated rings. The summed E-state index contributed by atoms with van der Waals surface area (Å²) < 4.78 is 1.56. The molecule has 122 valence electrons. The van der Waals surface area contributed by atoms with Gasteiger partial charge in [0.25, 0.3) is 5.56 Å². The first-order chi connectivity index (χ1) is 12.2. The van der Waals surface area contributed by atoms with Gasteiger partial charge < -0.3 is 5.11 Å². The molecule has 0 atom stereocenters. The lowest BCUT2D eigenvalue weighted by Gasteiger charge is -2.02. The van der Waals surface area contributed by atoms with E-state index in [2.05, 4.69) is 9.97 Å². The average Bonchev–Trinajstić information content (AvgIpc) is 3.05. The van der Waals surface area contributed by atoms with Gasteiger partial charge in [-0.2, -0.15) is 0 Å². The van der Waals surface area contributed by atoms with Gasteiger partial charge >= 0.3 is 0 Å². The predicted octanol–water partition coefficient (Wildman–Crippen LogP) is 3.69. The molecule has 4 rings (SSSR count). The van der Waals surface area contributed by atoms with Crippen molar-refractivity contribution in [1.29, 1.82) is 0 Å². The lowest BCUT2D eigenvalue weighted by molar-refractivity contribution is 0.475. The van der Waals surface area contributed by atoms with E-state index in [1.807, 2.05) is 29.7 Å². The largest absolute Gasteiger partial charge is 0.508 e. The SMILES string of the molecule is O=c1cc(/C=C/c2cccnc2)nc2scc(-c3cccc(O)c3)n12. The van der Waals surface area contributed by atoms with Gasteiger partial charge in [-0.3, -0.25) is 14.2 Å². The second-order valence-corrected chi connectivity index (χ2v) is 6.26. The van der Waals surface area contributed by atoms with E-state index in [0.29, 0.717) is 10.7 Å². The molecule has 0 saturated carbocycles. The Kier molecular flexibility index (Phi) is 3.87. The molecule has 3 heterocycles. The fraction of sp³-hybridized carbons (Fsp3) is 0. The Hall–Kier alpha value is -3.25. The van der Waals surface area contributed by atoms with Gasteiger partial charge in [-0.1, -0.05) is 24.3 Å². The number of phenolic OH excluding ortho intramolecular Hbond substituents is 1. The number of pyridine rings is 1. The van der Waals surface area contributed by atoms with Gasteiger partial charge in [-0.15, -0.1) is 11.3 Å².